The van der Waals surface area contributed by atoms with Crippen LogP contribution in [0.25, 0.3) is 0 Å². The highest BCUT2D eigenvalue weighted by atomic mass is 32.1. The molecule has 1 aromatic heterocycles. The molecule has 0 radical (unpaired) electrons. The maximum absolute atomic E-state index is 11.2. The number of nitrogens with one attached hydrogen (secondary N) is 1. The number of hydrogen-bond acceptors (Lipinski definition) is 5. The number of benzene rings is 1. The number of anilines is 1. The van der Waals surface area contributed by atoms with Crippen LogP contribution in [0, 0.1) is 5.92 Å². The topological polar surface area (TPSA) is 75.1 Å². The Morgan fingerprint density at radius 1 is 1.29 bits per heavy atom. The smallest absolute Gasteiger partial charge is 0.326 e. The number of carbonyl (C=O) groups is 1. The van der Waals surface area contributed by atoms with E-state index in [2.05, 4.69) is 15.5 Å². The van der Waals surface area contributed by atoms with Gasteiger partial charge in [0.1, 0.15) is 11.0 Å². The summed E-state index contributed by atoms with van der Waals surface area (Å²) >= 11 is 1.40. The fraction of sp³-hybridized carbons (Fsp3) is 0.400. The average Bonchev–Trinajstić information content (AvgIpc) is 2.86. The Labute approximate surface area is 128 Å². The van der Waals surface area contributed by atoms with Gasteiger partial charge >= 0.3 is 5.97 Å². The van der Waals surface area contributed by atoms with Crippen molar-refractivity contribution in [3.05, 3.63) is 40.9 Å². The van der Waals surface area contributed by atoms with Crippen molar-refractivity contribution in [2.45, 2.75) is 32.7 Å². The number of nitrogens with zero attached hydrogens (tertiary/aromatic N) is 2. The maximum Gasteiger partial charge on any atom is 0.326 e. The highest BCUT2D eigenvalue weighted by molar-refractivity contribution is 7.15. The van der Waals surface area contributed by atoms with Crippen LogP contribution in [0.5, 0.6) is 0 Å². The first-order chi connectivity index (χ1) is 10.0. The molecule has 1 atom stereocenters. The van der Waals surface area contributed by atoms with Crippen LogP contribution in [0.15, 0.2) is 30.3 Å². The van der Waals surface area contributed by atoms with Gasteiger partial charge in [0.05, 0.1) is 0 Å². The molecule has 0 saturated carbocycles. The lowest BCUT2D eigenvalue weighted by Gasteiger charge is -2.14. The summed E-state index contributed by atoms with van der Waals surface area (Å²) in [5, 5.41) is 21.8. The van der Waals surface area contributed by atoms with Gasteiger partial charge < -0.3 is 10.4 Å². The molecular formula is C15H19N3O2S. The van der Waals surface area contributed by atoms with Gasteiger partial charge in [0.2, 0.25) is 5.13 Å². The van der Waals surface area contributed by atoms with Crippen molar-refractivity contribution < 1.29 is 9.90 Å². The molecule has 0 saturated heterocycles. The summed E-state index contributed by atoms with van der Waals surface area (Å²) < 4.78 is 0. The summed E-state index contributed by atoms with van der Waals surface area (Å²) in [4.78, 5) is 11.2. The highest BCUT2D eigenvalue weighted by Crippen LogP contribution is 2.20. The molecule has 0 spiro atoms. The van der Waals surface area contributed by atoms with Crippen LogP contribution in [-0.4, -0.2) is 27.3 Å². The van der Waals surface area contributed by atoms with Crippen molar-refractivity contribution in [2.24, 2.45) is 5.92 Å². The molecule has 0 amide bonds. The molecular weight excluding hydrogens is 286 g/mol. The Balaban J connectivity index is 2.00. The monoisotopic (exact) mass is 305 g/mol. The zero-order chi connectivity index (χ0) is 15.2. The molecule has 2 N–H and O–H groups in total. The molecule has 0 aliphatic carbocycles. The van der Waals surface area contributed by atoms with Crippen LogP contribution in [0.4, 0.5) is 5.13 Å². The van der Waals surface area contributed by atoms with E-state index in [0.717, 1.165) is 10.6 Å². The lowest BCUT2D eigenvalue weighted by atomic mass is 10.0. The fourth-order valence-electron chi connectivity index (χ4n) is 2.00. The van der Waals surface area contributed by atoms with Crippen LogP contribution >= 0.6 is 11.3 Å². The second kappa shape index (κ2) is 7.17. The standard InChI is InChI=1S/C15H19N3O2S/c1-10(2)8-12(14(19)20)16-15-18-17-13(21-15)9-11-6-4-3-5-7-11/h3-7,10,12H,8-9H2,1-2H3,(H,16,18)(H,19,20)/t12-/m0/s1. The SMILES string of the molecule is CC(C)C[C@H](Nc1nnc(Cc2ccccc2)s1)C(=O)O. The van der Waals surface area contributed by atoms with Gasteiger partial charge in [-0.05, 0) is 17.9 Å². The predicted molar refractivity (Wildman–Crippen MR) is 83.7 cm³/mol. The van der Waals surface area contributed by atoms with E-state index >= 15 is 0 Å². The molecule has 1 heterocycles. The third-order valence-electron chi connectivity index (χ3n) is 2.97. The van der Waals surface area contributed by atoms with Crippen molar-refractivity contribution in [3.63, 3.8) is 0 Å². The van der Waals surface area contributed by atoms with Gasteiger partial charge in [0, 0.05) is 6.42 Å². The molecule has 21 heavy (non-hydrogen) atoms. The van der Waals surface area contributed by atoms with Crippen molar-refractivity contribution in [2.75, 3.05) is 5.32 Å². The summed E-state index contributed by atoms with van der Waals surface area (Å²) in [5.74, 6) is -0.557. The van der Waals surface area contributed by atoms with E-state index in [1.165, 1.54) is 11.3 Å². The van der Waals surface area contributed by atoms with Gasteiger partial charge in [-0.15, -0.1) is 10.2 Å². The fourth-order valence-corrected chi connectivity index (χ4v) is 2.82. The number of aliphatic carboxylic acids is 1. The number of aromatic nitrogens is 2. The minimum Gasteiger partial charge on any atom is -0.480 e. The Hall–Kier alpha value is -1.95. The normalized spacial score (nSPS) is 12.3. The van der Waals surface area contributed by atoms with Gasteiger partial charge in [0.15, 0.2) is 0 Å². The van der Waals surface area contributed by atoms with Crippen LogP contribution in [0.3, 0.4) is 0 Å². The van der Waals surface area contributed by atoms with Gasteiger partial charge in [-0.25, -0.2) is 4.79 Å². The molecule has 2 aromatic rings. The molecule has 0 fully saturated rings. The zero-order valence-corrected chi connectivity index (χ0v) is 12.9. The van der Waals surface area contributed by atoms with Crippen LogP contribution in [-0.2, 0) is 11.2 Å². The van der Waals surface area contributed by atoms with E-state index < -0.39 is 12.0 Å². The molecule has 0 aliphatic rings. The summed E-state index contributed by atoms with van der Waals surface area (Å²) in [7, 11) is 0. The van der Waals surface area contributed by atoms with E-state index in [1.54, 1.807) is 0 Å². The Kier molecular flexibility index (Phi) is 5.27. The lowest BCUT2D eigenvalue weighted by molar-refractivity contribution is -0.138. The first-order valence-corrected chi connectivity index (χ1v) is 7.72. The average molecular weight is 305 g/mol. The third-order valence-corrected chi connectivity index (χ3v) is 3.82. The number of carboxylic acids is 1. The molecule has 2 rings (SSSR count). The summed E-state index contributed by atoms with van der Waals surface area (Å²) in [6, 6.07) is 9.39. The molecule has 112 valence electrons. The second-order valence-electron chi connectivity index (χ2n) is 5.33. The summed E-state index contributed by atoms with van der Waals surface area (Å²) in [5.41, 5.74) is 1.16. The van der Waals surface area contributed by atoms with Crippen LogP contribution in [0.2, 0.25) is 0 Å². The van der Waals surface area contributed by atoms with Crippen molar-refractivity contribution in [3.8, 4) is 0 Å². The Morgan fingerprint density at radius 3 is 2.62 bits per heavy atom. The van der Waals surface area contributed by atoms with Gasteiger partial charge in [-0.1, -0.05) is 55.5 Å². The first-order valence-electron chi connectivity index (χ1n) is 6.90. The Bertz CT molecular complexity index is 584. The molecule has 0 aliphatic heterocycles. The van der Waals surface area contributed by atoms with E-state index in [-0.39, 0.29) is 0 Å². The molecule has 6 heteroatoms. The number of carboxylic acid groups (broad SMARTS) is 1. The molecule has 5 nitrogen and oxygen atoms in total. The van der Waals surface area contributed by atoms with Crippen molar-refractivity contribution in [1.29, 1.82) is 0 Å². The second-order valence-corrected chi connectivity index (χ2v) is 6.39. The summed E-state index contributed by atoms with van der Waals surface area (Å²) in [6.07, 6.45) is 1.27. The summed E-state index contributed by atoms with van der Waals surface area (Å²) in [6.45, 7) is 4.00. The zero-order valence-electron chi connectivity index (χ0n) is 12.1. The molecule has 0 unspecified atom stereocenters. The predicted octanol–water partition coefficient (Wildman–Crippen LogP) is 3.04. The van der Waals surface area contributed by atoms with Crippen LogP contribution in [0.1, 0.15) is 30.8 Å². The third kappa shape index (κ3) is 4.82. The van der Waals surface area contributed by atoms with Crippen molar-refractivity contribution >= 4 is 22.4 Å². The highest BCUT2D eigenvalue weighted by Gasteiger charge is 2.20. The maximum atomic E-state index is 11.2. The largest absolute Gasteiger partial charge is 0.480 e. The van der Waals surface area contributed by atoms with Crippen LogP contribution < -0.4 is 5.32 Å². The van der Waals surface area contributed by atoms with Gasteiger partial charge in [-0.3, -0.25) is 0 Å². The number of hydrogen-bond donors (Lipinski definition) is 2. The van der Waals surface area contributed by atoms with Gasteiger partial charge in [-0.2, -0.15) is 0 Å². The van der Waals surface area contributed by atoms with E-state index in [9.17, 15) is 9.90 Å². The number of rotatable bonds is 7. The minimum absolute atomic E-state index is 0.301. The van der Waals surface area contributed by atoms with E-state index in [4.69, 9.17) is 0 Å². The van der Waals surface area contributed by atoms with Gasteiger partial charge in [0.25, 0.3) is 0 Å². The quantitative estimate of drug-likeness (QED) is 0.822. The van der Waals surface area contributed by atoms with Crippen molar-refractivity contribution in [1.82, 2.24) is 10.2 Å². The van der Waals surface area contributed by atoms with E-state index in [0.29, 0.717) is 23.9 Å². The molecule has 0 bridgehead atoms. The van der Waals surface area contributed by atoms with E-state index in [1.807, 2.05) is 44.2 Å². The lowest BCUT2D eigenvalue weighted by Crippen LogP contribution is -2.30. The molecule has 1 aromatic carbocycles. The Morgan fingerprint density at radius 2 is 2.00 bits per heavy atom. The first kappa shape index (κ1) is 15.4. The minimum atomic E-state index is -0.858.